The molecule has 4 nitrogen and oxygen atoms in total. The first kappa shape index (κ1) is 10.4. The van der Waals surface area contributed by atoms with Crippen molar-refractivity contribution in [1.82, 2.24) is 15.1 Å². The Morgan fingerprint density at radius 2 is 2.12 bits per heavy atom. The van der Waals surface area contributed by atoms with E-state index in [1.54, 1.807) is 17.9 Å². The van der Waals surface area contributed by atoms with Gasteiger partial charge in [-0.2, -0.15) is 10.4 Å². The normalized spacial score (nSPS) is 12.0. The van der Waals surface area contributed by atoms with Gasteiger partial charge in [-0.05, 0) is 19.2 Å². The van der Waals surface area contributed by atoms with Crippen LogP contribution < -0.4 is 5.32 Å². The summed E-state index contributed by atoms with van der Waals surface area (Å²) in [6.07, 6.45) is 3.57. The first-order valence-electron chi connectivity index (χ1n) is 5.02. The van der Waals surface area contributed by atoms with E-state index < -0.39 is 0 Å². The molecule has 1 aromatic heterocycles. The number of nitrogens with one attached hydrogen (secondary N) is 1. The highest BCUT2D eigenvalue weighted by atomic mass is 15.3. The standard InChI is InChI=1S/C12H12N4/c1-14-12(7-13)10-8-15-16(9-10)11-5-3-2-4-6-11/h2-6,8-9,12,14H,1H3. The Labute approximate surface area is 94.1 Å². The van der Waals surface area contributed by atoms with Crippen LogP contribution in [0.4, 0.5) is 0 Å². The van der Waals surface area contributed by atoms with E-state index in [9.17, 15) is 0 Å². The third-order valence-corrected chi connectivity index (χ3v) is 2.37. The third-order valence-electron chi connectivity index (χ3n) is 2.37. The number of nitriles is 1. The van der Waals surface area contributed by atoms with E-state index in [4.69, 9.17) is 5.26 Å². The highest BCUT2D eigenvalue weighted by molar-refractivity contribution is 5.32. The van der Waals surface area contributed by atoms with E-state index >= 15 is 0 Å². The van der Waals surface area contributed by atoms with E-state index in [1.807, 2.05) is 36.5 Å². The van der Waals surface area contributed by atoms with Crippen molar-refractivity contribution in [3.63, 3.8) is 0 Å². The van der Waals surface area contributed by atoms with Crippen LogP contribution in [-0.4, -0.2) is 16.8 Å². The van der Waals surface area contributed by atoms with Crippen molar-refractivity contribution < 1.29 is 0 Å². The predicted molar refractivity (Wildman–Crippen MR) is 61.0 cm³/mol. The van der Waals surface area contributed by atoms with Crippen molar-refractivity contribution in [3.05, 3.63) is 48.3 Å². The molecule has 0 radical (unpaired) electrons. The third kappa shape index (κ3) is 1.95. The number of hydrogen-bond acceptors (Lipinski definition) is 3. The highest BCUT2D eigenvalue weighted by Gasteiger charge is 2.10. The van der Waals surface area contributed by atoms with E-state index in [2.05, 4.69) is 16.5 Å². The van der Waals surface area contributed by atoms with Gasteiger partial charge in [-0.25, -0.2) is 4.68 Å². The molecule has 1 N–H and O–H groups in total. The Hall–Kier alpha value is -2.12. The van der Waals surface area contributed by atoms with Gasteiger partial charge in [0, 0.05) is 11.8 Å². The summed E-state index contributed by atoms with van der Waals surface area (Å²) < 4.78 is 1.76. The Bertz CT molecular complexity index is 495. The lowest BCUT2D eigenvalue weighted by molar-refractivity contribution is 0.726. The highest BCUT2D eigenvalue weighted by Crippen LogP contribution is 2.13. The van der Waals surface area contributed by atoms with Crippen LogP contribution in [0.5, 0.6) is 0 Å². The van der Waals surface area contributed by atoms with E-state index in [1.165, 1.54) is 0 Å². The van der Waals surface area contributed by atoms with Gasteiger partial charge in [0.05, 0.1) is 18.0 Å². The zero-order valence-electron chi connectivity index (χ0n) is 8.96. The van der Waals surface area contributed by atoms with Crippen molar-refractivity contribution in [2.45, 2.75) is 6.04 Å². The Morgan fingerprint density at radius 3 is 2.75 bits per heavy atom. The minimum absolute atomic E-state index is 0.308. The second-order valence-corrected chi connectivity index (χ2v) is 3.40. The fourth-order valence-corrected chi connectivity index (χ4v) is 1.51. The Kier molecular flexibility index (Phi) is 2.99. The molecule has 16 heavy (non-hydrogen) atoms. The van der Waals surface area contributed by atoms with Gasteiger partial charge in [0.2, 0.25) is 0 Å². The fourth-order valence-electron chi connectivity index (χ4n) is 1.51. The molecule has 0 bridgehead atoms. The maximum Gasteiger partial charge on any atom is 0.124 e. The average Bonchev–Trinajstić information content (AvgIpc) is 2.81. The fraction of sp³-hybridized carbons (Fsp3) is 0.167. The minimum Gasteiger partial charge on any atom is -0.301 e. The van der Waals surface area contributed by atoms with Gasteiger partial charge in [0.15, 0.2) is 0 Å². The van der Waals surface area contributed by atoms with Crippen LogP contribution in [0.2, 0.25) is 0 Å². The summed E-state index contributed by atoms with van der Waals surface area (Å²) in [4.78, 5) is 0. The minimum atomic E-state index is -0.308. The second-order valence-electron chi connectivity index (χ2n) is 3.40. The van der Waals surface area contributed by atoms with E-state index in [-0.39, 0.29) is 6.04 Å². The quantitative estimate of drug-likeness (QED) is 0.841. The lowest BCUT2D eigenvalue weighted by Gasteiger charge is -2.03. The SMILES string of the molecule is CNC(C#N)c1cnn(-c2ccccc2)c1. The van der Waals surface area contributed by atoms with Gasteiger partial charge in [0.1, 0.15) is 6.04 Å². The molecule has 1 atom stereocenters. The Balaban J connectivity index is 2.30. The number of para-hydroxylation sites is 1. The molecule has 2 rings (SSSR count). The maximum atomic E-state index is 8.91. The van der Waals surface area contributed by atoms with Crippen LogP contribution >= 0.6 is 0 Å². The van der Waals surface area contributed by atoms with Crippen LogP contribution in [-0.2, 0) is 0 Å². The zero-order valence-corrected chi connectivity index (χ0v) is 8.96. The summed E-state index contributed by atoms with van der Waals surface area (Å²) in [7, 11) is 1.76. The van der Waals surface area contributed by atoms with Crippen LogP contribution in [0.15, 0.2) is 42.7 Å². The van der Waals surface area contributed by atoms with Crippen molar-refractivity contribution in [3.8, 4) is 11.8 Å². The smallest absolute Gasteiger partial charge is 0.124 e. The lowest BCUT2D eigenvalue weighted by atomic mass is 10.2. The molecular weight excluding hydrogens is 200 g/mol. The number of nitrogens with zero attached hydrogens (tertiary/aromatic N) is 3. The van der Waals surface area contributed by atoms with Gasteiger partial charge in [-0.3, -0.25) is 0 Å². The van der Waals surface area contributed by atoms with E-state index in [0.29, 0.717) is 0 Å². The largest absolute Gasteiger partial charge is 0.301 e. The molecular formula is C12H12N4. The molecule has 0 aliphatic heterocycles. The van der Waals surface area contributed by atoms with Crippen LogP contribution in [0.3, 0.4) is 0 Å². The summed E-state index contributed by atoms with van der Waals surface area (Å²) >= 11 is 0. The van der Waals surface area contributed by atoms with Crippen molar-refractivity contribution in [2.75, 3.05) is 7.05 Å². The van der Waals surface area contributed by atoms with Crippen molar-refractivity contribution >= 4 is 0 Å². The van der Waals surface area contributed by atoms with Gasteiger partial charge in [0.25, 0.3) is 0 Å². The van der Waals surface area contributed by atoms with Crippen molar-refractivity contribution in [1.29, 1.82) is 5.26 Å². The first-order valence-corrected chi connectivity index (χ1v) is 5.02. The molecule has 0 saturated carbocycles. The molecule has 0 saturated heterocycles. The molecule has 4 heteroatoms. The van der Waals surface area contributed by atoms with Crippen LogP contribution in [0.25, 0.3) is 5.69 Å². The molecule has 1 unspecified atom stereocenters. The molecule has 0 aliphatic rings. The van der Waals surface area contributed by atoms with Gasteiger partial charge in [-0.15, -0.1) is 0 Å². The van der Waals surface area contributed by atoms with Gasteiger partial charge in [-0.1, -0.05) is 18.2 Å². The molecule has 80 valence electrons. The molecule has 2 aromatic rings. The summed E-state index contributed by atoms with van der Waals surface area (Å²) in [5.41, 5.74) is 1.86. The van der Waals surface area contributed by atoms with E-state index in [0.717, 1.165) is 11.3 Å². The number of benzene rings is 1. The van der Waals surface area contributed by atoms with Crippen LogP contribution in [0, 0.1) is 11.3 Å². The Morgan fingerprint density at radius 1 is 1.38 bits per heavy atom. The number of rotatable bonds is 3. The average molecular weight is 212 g/mol. The number of aromatic nitrogens is 2. The van der Waals surface area contributed by atoms with Crippen LogP contribution in [0.1, 0.15) is 11.6 Å². The second kappa shape index (κ2) is 4.60. The first-order chi connectivity index (χ1) is 7.85. The maximum absolute atomic E-state index is 8.91. The van der Waals surface area contributed by atoms with Crippen molar-refractivity contribution in [2.24, 2.45) is 0 Å². The molecule has 1 heterocycles. The topological polar surface area (TPSA) is 53.6 Å². The summed E-state index contributed by atoms with van der Waals surface area (Å²) in [6, 6.07) is 11.7. The molecule has 0 aliphatic carbocycles. The summed E-state index contributed by atoms with van der Waals surface area (Å²) in [5, 5.41) is 16.1. The number of hydrogen-bond donors (Lipinski definition) is 1. The van der Waals surface area contributed by atoms with Gasteiger partial charge >= 0.3 is 0 Å². The molecule has 0 amide bonds. The predicted octanol–water partition coefficient (Wildman–Crippen LogP) is 1.66. The van der Waals surface area contributed by atoms with Gasteiger partial charge < -0.3 is 5.32 Å². The monoisotopic (exact) mass is 212 g/mol. The summed E-state index contributed by atoms with van der Waals surface area (Å²) in [6.45, 7) is 0. The molecule has 0 fully saturated rings. The molecule has 0 spiro atoms. The zero-order chi connectivity index (χ0) is 11.4. The summed E-state index contributed by atoms with van der Waals surface area (Å²) in [5.74, 6) is 0. The molecule has 1 aromatic carbocycles. The lowest BCUT2D eigenvalue weighted by Crippen LogP contribution is -2.13.